The average Bonchev–Trinajstić information content (AvgIpc) is 2.32. The Morgan fingerprint density at radius 1 is 1.56 bits per heavy atom. The van der Waals surface area contributed by atoms with Crippen LogP contribution in [0.5, 0.6) is 5.75 Å². The lowest BCUT2D eigenvalue weighted by molar-refractivity contribution is 0.413. The summed E-state index contributed by atoms with van der Waals surface area (Å²) in [6.45, 7) is 2.13. The highest BCUT2D eigenvalue weighted by Crippen LogP contribution is 2.28. The van der Waals surface area contributed by atoms with Gasteiger partial charge in [-0.3, -0.25) is 11.3 Å². The van der Waals surface area contributed by atoms with Gasteiger partial charge in [-0.05, 0) is 23.4 Å². The summed E-state index contributed by atoms with van der Waals surface area (Å²) in [5, 5.41) is 0.616. The fraction of sp³-hybridized carbons (Fsp3) is 0.455. The third-order valence-corrected chi connectivity index (χ3v) is 3.56. The van der Waals surface area contributed by atoms with E-state index >= 15 is 0 Å². The Morgan fingerprint density at radius 3 is 2.88 bits per heavy atom. The summed E-state index contributed by atoms with van der Waals surface area (Å²) in [7, 11) is 1.61. The molecule has 0 aromatic heterocycles. The van der Waals surface area contributed by atoms with Crippen LogP contribution >= 0.6 is 23.4 Å². The minimum absolute atomic E-state index is 0.121. The summed E-state index contributed by atoms with van der Waals surface area (Å²) < 4.78 is 5.18. The standard InChI is InChI=1S/C11H17ClN2OS/c1-3-16-7-10(14-13)8-4-5-9(12)11(6-8)15-2/h4-6,10,14H,3,7,13H2,1-2H3. The molecule has 90 valence electrons. The van der Waals surface area contributed by atoms with Gasteiger partial charge in [-0.15, -0.1) is 0 Å². The molecule has 1 atom stereocenters. The number of hydrazine groups is 1. The Balaban J connectivity index is 2.83. The van der Waals surface area contributed by atoms with Crippen molar-refractivity contribution in [1.29, 1.82) is 0 Å². The lowest BCUT2D eigenvalue weighted by atomic mass is 10.1. The maximum atomic E-state index is 5.97. The Kier molecular flexibility index (Phi) is 5.98. The fourth-order valence-corrected chi connectivity index (χ4v) is 2.32. The Hall–Kier alpha value is -0.420. The summed E-state index contributed by atoms with van der Waals surface area (Å²) in [5.41, 5.74) is 3.89. The largest absolute Gasteiger partial charge is 0.495 e. The van der Waals surface area contributed by atoms with Crippen LogP contribution in [0.2, 0.25) is 5.02 Å². The number of halogens is 1. The van der Waals surface area contributed by atoms with Crippen molar-refractivity contribution < 1.29 is 4.74 Å². The van der Waals surface area contributed by atoms with Gasteiger partial charge in [0.05, 0.1) is 18.2 Å². The molecule has 1 rings (SSSR count). The van der Waals surface area contributed by atoms with E-state index in [1.54, 1.807) is 7.11 Å². The van der Waals surface area contributed by atoms with Crippen LogP contribution in [0.3, 0.4) is 0 Å². The van der Waals surface area contributed by atoms with E-state index < -0.39 is 0 Å². The van der Waals surface area contributed by atoms with Crippen molar-refractivity contribution in [1.82, 2.24) is 5.43 Å². The quantitative estimate of drug-likeness (QED) is 0.610. The second kappa shape index (κ2) is 7.01. The second-order valence-corrected chi connectivity index (χ2v) is 5.00. The molecule has 0 radical (unpaired) electrons. The molecule has 16 heavy (non-hydrogen) atoms. The molecule has 0 aliphatic rings. The fourth-order valence-electron chi connectivity index (χ4n) is 1.37. The molecule has 0 aliphatic carbocycles. The highest BCUT2D eigenvalue weighted by Gasteiger charge is 2.11. The highest BCUT2D eigenvalue weighted by atomic mass is 35.5. The SMILES string of the molecule is CCSCC(NN)c1ccc(Cl)c(OC)c1. The van der Waals surface area contributed by atoms with Crippen molar-refractivity contribution >= 4 is 23.4 Å². The second-order valence-electron chi connectivity index (χ2n) is 3.27. The minimum atomic E-state index is 0.121. The first-order valence-corrected chi connectivity index (χ1v) is 6.63. The van der Waals surface area contributed by atoms with E-state index in [0.29, 0.717) is 10.8 Å². The number of benzene rings is 1. The monoisotopic (exact) mass is 260 g/mol. The predicted octanol–water partition coefficient (Wildman–Crippen LogP) is 2.61. The third kappa shape index (κ3) is 3.56. The van der Waals surface area contributed by atoms with Crippen molar-refractivity contribution in [3.63, 3.8) is 0 Å². The van der Waals surface area contributed by atoms with Crippen molar-refractivity contribution in [3.8, 4) is 5.75 Å². The van der Waals surface area contributed by atoms with Crippen LogP contribution in [0.1, 0.15) is 18.5 Å². The lowest BCUT2D eigenvalue weighted by Crippen LogP contribution is -2.29. The molecule has 0 heterocycles. The zero-order valence-electron chi connectivity index (χ0n) is 9.50. The molecule has 0 saturated heterocycles. The van der Waals surface area contributed by atoms with Crippen LogP contribution in [0.15, 0.2) is 18.2 Å². The molecule has 3 N–H and O–H groups in total. The number of nitrogens with two attached hydrogens (primary N) is 1. The van der Waals surface area contributed by atoms with Crippen molar-refractivity contribution in [3.05, 3.63) is 28.8 Å². The van der Waals surface area contributed by atoms with Crippen molar-refractivity contribution in [2.24, 2.45) is 5.84 Å². The molecule has 5 heteroatoms. The molecule has 0 fully saturated rings. The van der Waals surface area contributed by atoms with E-state index in [9.17, 15) is 0 Å². The van der Waals surface area contributed by atoms with Gasteiger partial charge in [-0.25, -0.2) is 0 Å². The van der Waals surface area contributed by atoms with Crippen LogP contribution < -0.4 is 16.0 Å². The summed E-state index contributed by atoms with van der Waals surface area (Å²) >= 11 is 7.80. The van der Waals surface area contributed by atoms with E-state index in [-0.39, 0.29) is 6.04 Å². The molecular formula is C11H17ClN2OS. The molecular weight excluding hydrogens is 244 g/mol. The Bertz CT molecular complexity index is 336. The first kappa shape index (κ1) is 13.6. The maximum absolute atomic E-state index is 5.97. The Morgan fingerprint density at radius 2 is 2.31 bits per heavy atom. The van der Waals surface area contributed by atoms with Crippen LogP contribution in [-0.2, 0) is 0 Å². The molecule has 0 bridgehead atoms. The van der Waals surface area contributed by atoms with Crippen LogP contribution in [-0.4, -0.2) is 18.6 Å². The van der Waals surface area contributed by atoms with Crippen LogP contribution in [0.25, 0.3) is 0 Å². The summed E-state index contributed by atoms with van der Waals surface area (Å²) in [6.07, 6.45) is 0. The van der Waals surface area contributed by atoms with Gasteiger partial charge in [0, 0.05) is 5.75 Å². The first-order valence-electron chi connectivity index (χ1n) is 5.10. The molecule has 1 aromatic rings. The number of ether oxygens (including phenoxy) is 1. The zero-order valence-corrected chi connectivity index (χ0v) is 11.1. The predicted molar refractivity (Wildman–Crippen MR) is 71.1 cm³/mol. The Labute approximate surface area is 106 Å². The normalized spacial score (nSPS) is 12.5. The average molecular weight is 261 g/mol. The molecule has 0 amide bonds. The van der Waals surface area contributed by atoms with Gasteiger partial charge < -0.3 is 4.74 Å². The van der Waals surface area contributed by atoms with E-state index in [1.165, 1.54) is 0 Å². The lowest BCUT2D eigenvalue weighted by Gasteiger charge is -2.16. The maximum Gasteiger partial charge on any atom is 0.137 e. The minimum Gasteiger partial charge on any atom is -0.495 e. The van der Waals surface area contributed by atoms with E-state index in [1.807, 2.05) is 30.0 Å². The van der Waals surface area contributed by atoms with E-state index in [4.69, 9.17) is 22.2 Å². The van der Waals surface area contributed by atoms with Crippen LogP contribution in [0.4, 0.5) is 0 Å². The van der Waals surface area contributed by atoms with Gasteiger partial charge in [0.2, 0.25) is 0 Å². The third-order valence-electron chi connectivity index (χ3n) is 2.27. The zero-order chi connectivity index (χ0) is 12.0. The van der Waals surface area contributed by atoms with Gasteiger partial charge in [-0.1, -0.05) is 24.6 Å². The van der Waals surface area contributed by atoms with E-state index in [2.05, 4.69) is 12.3 Å². The van der Waals surface area contributed by atoms with Gasteiger partial charge in [-0.2, -0.15) is 11.8 Å². The van der Waals surface area contributed by atoms with Gasteiger partial charge in [0.25, 0.3) is 0 Å². The van der Waals surface area contributed by atoms with Crippen molar-refractivity contribution in [2.45, 2.75) is 13.0 Å². The molecule has 0 saturated carbocycles. The molecule has 3 nitrogen and oxygen atoms in total. The summed E-state index contributed by atoms with van der Waals surface area (Å²) in [6, 6.07) is 5.84. The first-order chi connectivity index (χ1) is 7.72. The topological polar surface area (TPSA) is 47.3 Å². The molecule has 1 unspecified atom stereocenters. The molecule has 0 aliphatic heterocycles. The number of hydrogen-bond donors (Lipinski definition) is 2. The van der Waals surface area contributed by atoms with Crippen molar-refractivity contribution in [2.75, 3.05) is 18.6 Å². The highest BCUT2D eigenvalue weighted by molar-refractivity contribution is 7.99. The number of methoxy groups -OCH3 is 1. The number of rotatable bonds is 6. The van der Waals surface area contributed by atoms with Crippen LogP contribution in [0, 0.1) is 0 Å². The van der Waals surface area contributed by atoms with E-state index in [0.717, 1.165) is 17.1 Å². The summed E-state index contributed by atoms with van der Waals surface area (Å²) in [4.78, 5) is 0. The number of hydrogen-bond acceptors (Lipinski definition) is 4. The van der Waals surface area contributed by atoms with Gasteiger partial charge in [0.15, 0.2) is 0 Å². The number of nitrogens with one attached hydrogen (secondary N) is 1. The van der Waals surface area contributed by atoms with Gasteiger partial charge >= 0.3 is 0 Å². The number of thioether (sulfide) groups is 1. The van der Waals surface area contributed by atoms with Gasteiger partial charge in [0.1, 0.15) is 5.75 Å². The molecule has 1 aromatic carbocycles. The summed E-state index contributed by atoms with van der Waals surface area (Å²) in [5.74, 6) is 8.22. The smallest absolute Gasteiger partial charge is 0.137 e. The molecule has 0 spiro atoms.